The number of hydrogen-bond donors (Lipinski definition) is 0. The first-order valence-corrected chi connectivity index (χ1v) is 30.4. The minimum atomic E-state index is -0.781. The maximum atomic E-state index is 12.9. The van der Waals surface area contributed by atoms with Crippen molar-refractivity contribution in [2.24, 2.45) is 0 Å². The van der Waals surface area contributed by atoms with Crippen molar-refractivity contribution in [3.8, 4) is 0 Å². The van der Waals surface area contributed by atoms with Crippen LogP contribution in [-0.4, -0.2) is 37.2 Å². The van der Waals surface area contributed by atoms with E-state index in [2.05, 4.69) is 93.7 Å². The summed E-state index contributed by atoms with van der Waals surface area (Å²) < 4.78 is 16.9. The van der Waals surface area contributed by atoms with Crippen LogP contribution in [0.5, 0.6) is 0 Å². The van der Waals surface area contributed by atoms with Crippen molar-refractivity contribution in [2.75, 3.05) is 13.2 Å². The largest absolute Gasteiger partial charge is 0.462 e. The van der Waals surface area contributed by atoms with Crippen LogP contribution >= 0.6 is 0 Å². The van der Waals surface area contributed by atoms with Gasteiger partial charge in [-0.2, -0.15) is 0 Å². The number of unbranched alkanes of at least 4 members (excludes halogenated alkanes) is 32. The summed E-state index contributed by atoms with van der Waals surface area (Å²) in [5, 5.41) is 0. The number of esters is 3. The number of allylic oxidation sites excluding steroid dienone is 12. The molecule has 0 fully saturated rings. The summed E-state index contributed by atoms with van der Waals surface area (Å²) in [4.78, 5) is 38.2. The lowest BCUT2D eigenvalue weighted by atomic mass is 10.0. The Morgan fingerprint density at radius 1 is 0.296 bits per heavy atom. The van der Waals surface area contributed by atoms with Crippen LogP contribution in [0.15, 0.2) is 72.9 Å². The number of ether oxygens (including phenoxy) is 3. The van der Waals surface area contributed by atoms with E-state index in [1.54, 1.807) is 0 Å². The smallest absolute Gasteiger partial charge is 0.306 e. The SMILES string of the molecule is CC/C=C\C/C=C\C/C=C\CCCCCCCCCC(=O)OC(COC(=O)CCCCCCCCCCCCC)COC(=O)CCCCCCCCCCCC/C=C\C/C=C\C/C=C\CCCCCCC. The van der Waals surface area contributed by atoms with Gasteiger partial charge in [0.2, 0.25) is 0 Å². The Labute approximate surface area is 440 Å². The summed E-state index contributed by atoms with van der Waals surface area (Å²) in [6.07, 6.45) is 76.1. The second kappa shape index (κ2) is 59.4. The molecule has 0 aromatic carbocycles. The fraction of sp³-hybridized carbons (Fsp3) is 0.769. The van der Waals surface area contributed by atoms with E-state index in [0.717, 1.165) is 96.3 Å². The first-order chi connectivity index (χ1) is 35.0. The Morgan fingerprint density at radius 2 is 0.549 bits per heavy atom. The predicted molar refractivity (Wildman–Crippen MR) is 307 cm³/mol. The molecule has 0 N–H and O–H groups in total. The summed E-state index contributed by atoms with van der Waals surface area (Å²) in [5.41, 5.74) is 0. The van der Waals surface area contributed by atoms with E-state index in [0.29, 0.717) is 19.3 Å². The highest BCUT2D eigenvalue weighted by Gasteiger charge is 2.19. The van der Waals surface area contributed by atoms with Crippen molar-refractivity contribution in [2.45, 2.75) is 309 Å². The third-order valence-electron chi connectivity index (χ3n) is 13.2. The third-order valence-corrected chi connectivity index (χ3v) is 13.2. The molecular formula is C65H114O6. The fourth-order valence-electron chi connectivity index (χ4n) is 8.64. The van der Waals surface area contributed by atoms with Gasteiger partial charge in [-0.1, -0.05) is 267 Å². The maximum absolute atomic E-state index is 12.9. The van der Waals surface area contributed by atoms with Crippen LogP contribution in [0, 0.1) is 0 Å². The van der Waals surface area contributed by atoms with Crippen LogP contribution < -0.4 is 0 Å². The monoisotopic (exact) mass is 991 g/mol. The first kappa shape index (κ1) is 67.8. The highest BCUT2D eigenvalue weighted by Crippen LogP contribution is 2.16. The molecule has 0 radical (unpaired) electrons. The van der Waals surface area contributed by atoms with Gasteiger partial charge in [-0.15, -0.1) is 0 Å². The Kier molecular flexibility index (Phi) is 56.8. The lowest BCUT2D eigenvalue weighted by Gasteiger charge is -2.18. The predicted octanol–water partition coefficient (Wildman–Crippen LogP) is 20.5. The van der Waals surface area contributed by atoms with E-state index < -0.39 is 6.10 Å². The van der Waals surface area contributed by atoms with E-state index in [9.17, 15) is 14.4 Å². The average molecular weight is 992 g/mol. The summed E-state index contributed by atoms with van der Waals surface area (Å²) >= 11 is 0. The summed E-state index contributed by atoms with van der Waals surface area (Å²) in [6.45, 7) is 6.53. The molecule has 0 saturated carbocycles. The van der Waals surface area contributed by atoms with E-state index in [1.807, 2.05) is 0 Å². The second-order valence-electron chi connectivity index (χ2n) is 20.2. The zero-order valence-electron chi connectivity index (χ0n) is 47.0. The zero-order valence-corrected chi connectivity index (χ0v) is 47.0. The number of hydrogen-bond acceptors (Lipinski definition) is 6. The minimum Gasteiger partial charge on any atom is -0.462 e. The normalized spacial score (nSPS) is 12.5. The van der Waals surface area contributed by atoms with E-state index in [4.69, 9.17) is 14.2 Å². The molecule has 6 heteroatoms. The van der Waals surface area contributed by atoms with Crippen LogP contribution in [0.2, 0.25) is 0 Å². The van der Waals surface area contributed by atoms with Crippen LogP contribution in [0.3, 0.4) is 0 Å². The summed E-state index contributed by atoms with van der Waals surface area (Å²) in [6, 6.07) is 0. The van der Waals surface area contributed by atoms with Gasteiger partial charge >= 0.3 is 17.9 Å². The Balaban J connectivity index is 4.28. The van der Waals surface area contributed by atoms with Crippen molar-refractivity contribution < 1.29 is 28.6 Å². The van der Waals surface area contributed by atoms with Gasteiger partial charge < -0.3 is 14.2 Å². The van der Waals surface area contributed by atoms with Crippen LogP contribution in [0.25, 0.3) is 0 Å². The molecule has 0 amide bonds. The highest BCUT2D eigenvalue weighted by molar-refractivity contribution is 5.71. The molecule has 0 aromatic rings. The summed E-state index contributed by atoms with van der Waals surface area (Å²) in [5.74, 6) is -0.882. The third kappa shape index (κ3) is 57.6. The standard InChI is InChI=1S/C65H114O6/c1-4-7-10-13-16-19-22-24-26-28-29-30-31-32-33-34-35-37-38-40-43-46-49-52-55-58-64(67)70-61-62(60-69-63(66)57-54-51-48-45-42-21-18-15-12-9-6-3)71-65(68)59-56-53-50-47-44-41-39-36-27-25-23-20-17-14-11-8-5-2/h8,11,17,20,22,24-25,27-29,31-32,62H,4-7,9-10,12-16,18-19,21,23,26,30,33-61H2,1-3H3/b11-8-,20-17-,24-22-,27-25-,29-28-,32-31-. The molecule has 0 bridgehead atoms. The number of carbonyl (C=O) groups excluding carboxylic acids is 3. The van der Waals surface area contributed by atoms with Crippen molar-refractivity contribution in [1.82, 2.24) is 0 Å². The van der Waals surface area contributed by atoms with Gasteiger partial charge in [0.1, 0.15) is 13.2 Å². The molecule has 0 saturated heterocycles. The zero-order chi connectivity index (χ0) is 51.4. The topological polar surface area (TPSA) is 78.9 Å². The quantitative estimate of drug-likeness (QED) is 0.0261. The first-order valence-electron chi connectivity index (χ1n) is 30.4. The Hall–Kier alpha value is -3.15. The molecule has 0 spiro atoms. The van der Waals surface area contributed by atoms with Crippen molar-refractivity contribution in [3.63, 3.8) is 0 Å². The summed E-state index contributed by atoms with van der Waals surface area (Å²) in [7, 11) is 0. The Morgan fingerprint density at radius 3 is 0.859 bits per heavy atom. The van der Waals surface area contributed by atoms with Gasteiger partial charge in [0, 0.05) is 19.3 Å². The Bertz CT molecular complexity index is 1320. The van der Waals surface area contributed by atoms with Gasteiger partial charge in [0.15, 0.2) is 6.10 Å². The van der Waals surface area contributed by atoms with Crippen LogP contribution in [0.1, 0.15) is 303 Å². The molecule has 0 aliphatic carbocycles. The lowest BCUT2D eigenvalue weighted by Crippen LogP contribution is -2.30. The molecule has 0 aliphatic rings. The average Bonchev–Trinajstić information content (AvgIpc) is 3.37. The molecule has 0 heterocycles. The molecule has 0 aliphatic heterocycles. The van der Waals surface area contributed by atoms with E-state index in [-0.39, 0.29) is 31.1 Å². The molecule has 1 unspecified atom stereocenters. The van der Waals surface area contributed by atoms with Gasteiger partial charge in [-0.05, 0) is 89.9 Å². The van der Waals surface area contributed by atoms with Gasteiger partial charge in [0.05, 0.1) is 0 Å². The minimum absolute atomic E-state index is 0.0783. The number of carbonyl (C=O) groups is 3. The molecule has 0 aromatic heterocycles. The van der Waals surface area contributed by atoms with Crippen molar-refractivity contribution >= 4 is 17.9 Å². The molecule has 6 nitrogen and oxygen atoms in total. The number of rotatable bonds is 55. The van der Waals surface area contributed by atoms with Gasteiger partial charge in [0.25, 0.3) is 0 Å². The van der Waals surface area contributed by atoms with Crippen molar-refractivity contribution in [1.29, 1.82) is 0 Å². The van der Waals surface area contributed by atoms with E-state index in [1.165, 1.54) is 167 Å². The lowest BCUT2D eigenvalue weighted by molar-refractivity contribution is -0.167. The molecule has 1 atom stereocenters. The molecular weight excluding hydrogens is 877 g/mol. The van der Waals surface area contributed by atoms with Gasteiger partial charge in [-0.25, -0.2) is 0 Å². The van der Waals surface area contributed by atoms with E-state index >= 15 is 0 Å². The molecule has 410 valence electrons. The van der Waals surface area contributed by atoms with Crippen LogP contribution in [-0.2, 0) is 28.6 Å². The molecule has 71 heavy (non-hydrogen) atoms. The fourth-order valence-corrected chi connectivity index (χ4v) is 8.64. The van der Waals surface area contributed by atoms with Crippen LogP contribution in [0.4, 0.5) is 0 Å². The maximum Gasteiger partial charge on any atom is 0.306 e. The van der Waals surface area contributed by atoms with Crippen molar-refractivity contribution in [3.05, 3.63) is 72.9 Å². The second-order valence-corrected chi connectivity index (χ2v) is 20.2. The highest BCUT2D eigenvalue weighted by atomic mass is 16.6. The molecule has 0 rings (SSSR count). The van der Waals surface area contributed by atoms with Gasteiger partial charge in [-0.3, -0.25) is 14.4 Å².